The molecule has 1 aliphatic rings. The van der Waals surface area contributed by atoms with E-state index in [-0.39, 0.29) is 23.9 Å². The summed E-state index contributed by atoms with van der Waals surface area (Å²) < 4.78 is 0. The molecule has 3 aromatic carbocycles. The van der Waals surface area contributed by atoms with Crippen LogP contribution in [-0.2, 0) is 28.9 Å². The molecule has 5 rings (SSSR count). The molecule has 0 aliphatic carbocycles. The van der Waals surface area contributed by atoms with Crippen molar-refractivity contribution in [3.8, 4) is 0 Å². The highest BCUT2D eigenvalue weighted by molar-refractivity contribution is 6.35. The molecule has 9 heteroatoms. The zero-order valence-corrected chi connectivity index (χ0v) is 25.6. The largest absolute Gasteiger partial charge is 0.369 e. The Morgan fingerprint density at radius 2 is 1.76 bits per heavy atom. The molecule has 7 nitrogen and oxygen atoms in total. The Morgan fingerprint density at radius 3 is 2.50 bits per heavy atom. The number of anilines is 1. The van der Waals surface area contributed by atoms with Crippen LogP contribution in [0.15, 0.2) is 60.7 Å². The summed E-state index contributed by atoms with van der Waals surface area (Å²) in [4.78, 5) is 38.6. The monoisotopic (exact) mass is 605 g/mol. The van der Waals surface area contributed by atoms with Crippen LogP contribution in [0.3, 0.4) is 0 Å². The number of aromatic amines is 1. The van der Waals surface area contributed by atoms with E-state index < -0.39 is 0 Å². The Bertz CT molecular complexity index is 1590. The molecular formula is C33H37Cl2N5O2. The van der Waals surface area contributed by atoms with Gasteiger partial charge in [-0.25, -0.2) is 4.98 Å². The molecule has 4 aromatic rings. The molecule has 0 radical (unpaired) electrons. The summed E-state index contributed by atoms with van der Waals surface area (Å²) in [6.07, 6.45) is 3.53. The second-order valence-electron chi connectivity index (χ2n) is 11.3. The number of H-pyrrole nitrogens is 1. The third-order valence-electron chi connectivity index (χ3n) is 8.23. The number of imidazole rings is 1. The van der Waals surface area contributed by atoms with Crippen LogP contribution < -0.4 is 5.73 Å². The first kappa shape index (κ1) is 29.9. The van der Waals surface area contributed by atoms with Gasteiger partial charge >= 0.3 is 0 Å². The highest BCUT2D eigenvalue weighted by Gasteiger charge is 2.36. The average Bonchev–Trinajstić information content (AvgIpc) is 3.29. The van der Waals surface area contributed by atoms with Crippen LogP contribution in [0.1, 0.15) is 48.7 Å². The molecule has 1 aromatic heterocycles. The molecule has 1 fully saturated rings. The lowest BCUT2D eigenvalue weighted by atomic mass is 9.98. The van der Waals surface area contributed by atoms with Gasteiger partial charge in [0.05, 0.1) is 12.1 Å². The summed E-state index contributed by atoms with van der Waals surface area (Å²) in [5, 5.41) is 3.42. The van der Waals surface area contributed by atoms with Crippen LogP contribution in [0.5, 0.6) is 0 Å². The molecule has 0 spiro atoms. The van der Waals surface area contributed by atoms with E-state index in [0.717, 1.165) is 52.5 Å². The number of rotatable bonds is 9. The van der Waals surface area contributed by atoms with Gasteiger partial charge in [0, 0.05) is 47.3 Å². The molecule has 1 aliphatic heterocycles. The van der Waals surface area contributed by atoms with Crippen molar-refractivity contribution in [1.82, 2.24) is 19.8 Å². The fourth-order valence-electron chi connectivity index (χ4n) is 5.94. The minimum absolute atomic E-state index is 0.0692. The molecule has 1 saturated heterocycles. The van der Waals surface area contributed by atoms with Crippen LogP contribution >= 0.6 is 23.2 Å². The number of carbonyl (C=O) groups is 2. The average molecular weight is 607 g/mol. The van der Waals surface area contributed by atoms with Gasteiger partial charge in [0.25, 0.3) is 0 Å². The number of halogens is 2. The van der Waals surface area contributed by atoms with E-state index in [1.807, 2.05) is 47.9 Å². The predicted molar refractivity (Wildman–Crippen MR) is 170 cm³/mol. The highest BCUT2D eigenvalue weighted by atomic mass is 35.5. The van der Waals surface area contributed by atoms with Gasteiger partial charge < -0.3 is 20.5 Å². The first-order valence-corrected chi connectivity index (χ1v) is 15.2. The number of fused-ring (bicyclic) bond motifs is 1. The van der Waals surface area contributed by atoms with Crippen molar-refractivity contribution in [2.24, 2.45) is 0 Å². The van der Waals surface area contributed by atoms with Gasteiger partial charge in [-0.3, -0.25) is 9.59 Å². The van der Waals surface area contributed by atoms with E-state index in [9.17, 15) is 9.59 Å². The number of carbonyl (C=O) groups excluding carboxylic acids is 2. The van der Waals surface area contributed by atoms with E-state index in [1.54, 1.807) is 12.1 Å². The molecule has 2 amide bonds. The van der Waals surface area contributed by atoms with Gasteiger partial charge in [0.15, 0.2) is 5.95 Å². The maximum atomic E-state index is 13.6. The topological polar surface area (TPSA) is 95.3 Å². The maximum absolute atomic E-state index is 13.6. The lowest BCUT2D eigenvalue weighted by Gasteiger charge is -2.45. The second-order valence-corrected chi connectivity index (χ2v) is 12.1. The first-order valence-electron chi connectivity index (χ1n) is 14.5. The summed E-state index contributed by atoms with van der Waals surface area (Å²) in [5.74, 6) is 0.565. The Hall–Kier alpha value is -3.55. The van der Waals surface area contributed by atoms with Gasteiger partial charge in [0.2, 0.25) is 11.8 Å². The van der Waals surface area contributed by atoms with Gasteiger partial charge in [0.1, 0.15) is 0 Å². The van der Waals surface area contributed by atoms with Gasteiger partial charge in [-0.15, -0.1) is 0 Å². The summed E-state index contributed by atoms with van der Waals surface area (Å²) in [7, 11) is 0. The summed E-state index contributed by atoms with van der Waals surface area (Å²) >= 11 is 12.4. The Labute approximate surface area is 257 Å². The Kier molecular flexibility index (Phi) is 9.39. The molecule has 42 heavy (non-hydrogen) atoms. The van der Waals surface area contributed by atoms with Gasteiger partial charge in [-0.2, -0.15) is 0 Å². The van der Waals surface area contributed by atoms with E-state index in [4.69, 9.17) is 28.9 Å². The van der Waals surface area contributed by atoms with Crippen molar-refractivity contribution in [2.45, 2.75) is 64.5 Å². The zero-order chi connectivity index (χ0) is 29.8. The van der Waals surface area contributed by atoms with E-state index in [2.05, 4.69) is 34.2 Å². The van der Waals surface area contributed by atoms with Crippen molar-refractivity contribution in [1.29, 1.82) is 0 Å². The fraction of sp³-hybridized carbons (Fsp3) is 0.364. The number of benzene rings is 3. The number of aromatic nitrogens is 2. The number of piperazine rings is 1. The normalized spacial score (nSPS) is 17.1. The molecule has 0 bridgehead atoms. The molecule has 2 atom stereocenters. The number of nitrogens with one attached hydrogen (secondary N) is 1. The van der Waals surface area contributed by atoms with E-state index >= 15 is 0 Å². The molecule has 1 unspecified atom stereocenters. The molecule has 220 valence electrons. The van der Waals surface area contributed by atoms with Crippen molar-refractivity contribution >= 4 is 51.7 Å². The SMILES string of the molecule is Cc1[nH]c(N)nc1CCCC1CN(C(=O)Cc2ccc3ccccc3c2)[C@H](C)CN1C(=O)CCc1ccc(Cl)cc1Cl. The molecule has 3 N–H and O–H groups in total. The van der Waals surface area contributed by atoms with E-state index in [1.165, 1.54) is 0 Å². The number of nitrogens with two attached hydrogens (primary N) is 1. The number of nitrogens with zero attached hydrogens (tertiary/aromatic N) is 3. The Balaban J connectivity index is 1.29. The Morgan fingerprint density at radius 1 is 0.976 bits per heavy atom. The van der Waals surface area contributed by atoms with Crippen molar-refractivity contribution in [2.75, 3.05) is 18.8 Å². The smallest absolute Gasteiger partial charge is 0.227 e. The number of hydrogen-bond donors (Lipinski definition) is 2. The zero-order valence-electron chi connectivity index (χ0n) is 24.1. The van der Waals surface area contributed by atoms with Gasteiger partial charge in [-0.1, -0.05) is 71.7 Å². The third-order valence-corrected chi connectivity index (χ3v) is 8.82. The van der Waals surface area contributed by atoms with E-state index in [0.29, 0.717) is 48.3 Å². The number of nitrogen functional groups attached to an aromatic ring is 1. The van der Waals surface area contributed by atoms with Crippen LogP contribution in [-0.4, -0.2) is 56.8 Å². The molecular weight excluding hydrogens is 569 g/mol. The minimum atomic E-state index is -0.0920. The lowest BCUT2D eigenvalue weighted by Crippen LogP contribution is -2.60. The molecule has 2 heterocycles. The quantitative estimate of drug-likeness (QED) is 0.231. The van der Waals surface area contributed by atoms with Crippen LogP contribution in [0.2, 0.25) is 10.0 Å². The minimum Gasteiger partial charge on any atom is -0.369 e. The number of hydrogen-bond acceptors (Lipinski definition) is 4. The van der Waals surface area contributed by atoms with Crippen molar-refractivity contribution in [3.63, 3.8) is 0 Å². The summed E-state index contributed by atoms with van der Waals surface area (Å²) in [5.41, 5.74) is 9.63. The first-order chi connectivity index (χ1) is 20.2. The number of amides is 2. The summed E-state index contributed by atoms with van der Waals surface area (Å²) in [6, 6.07) is 19.5. The standard InChI is InChI=1S/C33H37Cl2N5O2/c1-21-19-40(31(41)15-13-25-12-14-27(34)18-29(25)35)28(8-5-9-30-22(2)37-33(36)38-30)20-39(21)32(42)17-23-10-11-24-6-3-4-7-26(24)16-23/h3-4,6-7,10-12,14,16,18,21,28H,5,8-9,13,15,17,19-20H2,1-2H3,(H3,36,37,38)/t21-,28?/m1/s1. The third kappa shape index (κ3) is 7.08. The van der Waals surface area contributed by atoms with Crippen molar-refractivity contribution in [3.05, 3.63) is 93.2 Å². The maximum Gasteiger partial charge on any atom is 0.227 e. The van der Waals surface area contributed by atoms with Crippen LogP contribution in [0, 0.1) is 6.92 Å². The summed E-state index contributed by atoms with van der Waals surface area (Å²) in [6.45, 7) is 4.99. The predicted octanol–water partition coefficient (Wildman–Crippen LogP) is 6.39. The highest BCUT2D eigenvalue weighted by Crippen LogP contribution is 2.26. The lowest BCUT2D eigenvalue weighted by molar-refractivity contribution is -0.146. The molecule has 0 saturated carbocycles. The number of aryl methyl sites for hydroxylation is 3. The van der Waals surface area contributed by atoms with Crippen LogP contribution in [0.4, 0.5) is 5.95 Å². The van der Waals surface area contributed by atoms with Crippen LogP contribution in [0.25, 0.3) is 10.8 Å². The van der Waals surface area contributed by atoms with Crippen molar-refractivity contribution < 1.29 is 9.59 Å². The van der Waals surface area contributed by atoms with Gasteiger partial charge in [-0.05, 0) is 73.6 Å². The second kappa shape index (κ2) is 13.2. The fourth-order valence-corrected chi connectivity index (χ4v) is 6.45.